The van der Waals surface area contributed by atoms with Crippen molar-refractivity contribution in [3.8, 4) is 23.0 Å². The van der Waals surface area contributed by atoms with Crippen LogP contribution in [0.2, 0.25) is 0 Å². The second-order valence-corrected chi connectivity index (χ2v) is 17.1. The Morgan fingerprint density at radius 2 is 1.13 bits per heavy atom. The second kappa shape index (κ2) is 16.2. The molecule has 6 heterocycles. The lowest BCUT2D eigenvalue weighted by Gasteiger charge is -2.47. The summed E-state index contributed by atoms with van der Waals surface area (Å²) < 4.78 is 59.4. The minimum atomic E-state index is -0.492. The van der Waals surface area contributed by atoms with Crippen LogP contribution in [0, 0.1) is 23.7 Å². The third-order valence-corrected chi connectivity index (χ3v) is 12.7. The van der Waals surface area contributed by atoms with Crippen LogP contribution in [0.15, 0.2) is 24.3 Å². The second-order valence-electron chi connectivity index (χ2n) is 17.1. The van der Waals surface area contributed by atoms with Crippen molar-refractivity contribution in [2.24, 2.45) is 23.7 Å². The third-order valence-electron chi connectivity index (χ3n) is 12.7. The smallest absolute Gasteiger partial charge is 0.161 e. The Hall–Kier alpha value is -2.66. The summed E-state index contributed by atoms with van der Waals surface area (Å²) in [6.45, 7) is 15.0. The number of ether oxygens (including phenoxy) is 6. The lowest BCUT2D eigenvalue weighted by atomic mass is 9.74. The van der Waals surface area contributed by atoms with Gasteiger partial charge in [0.05, 0.1) is 51.9 Å². The van der Waals surface area contributed by atoms with E-state index in [1.807, 2.05) is 0 Å². The van der Waals surface area contributed by atoms with Crippen molar-refractivity contribution in [1.82, 2.24) is 9.80 Å². The number of hydrogen-bond acceptors (Lipinski definition) is 8. The quantitative estimate of drug-likeness (QED) is 0.152. The molecule has 2 spiro atoms. The standard InChI is InChI=1S/C22H32FNO3.C21H30FNO3/c1-15(2)9-17-13-24-7-5-16-10-21(26-8-4-6-23)20(25-3)11-18(16)19(24)12-22(17)14-27-22;1-14(2)8-16-12-23-6-4-15-9-20(25-7-5-22)19(24-3)10-17(15)18(23)11-21(16)13-26-21/h10-11,15,17,19H,4-9,12-14H2,1-3H3;9-10,14,16,18H,4-8,11-13H2,1-3H3/i23-1;22-1. The van der Waals surface area contributed by atoms with Gasteiger partial charge >= 0.3 is 0 Å². The SMILES string of the molecule is COc1cc2c(cc1OCCC[18F])CCN1CC(CC(C)C)C3(CO3)CC21.COc1cc2c(cc1OCC[18F])CCN1CC(CC(C)C)C3(CO3)CC21. The third kappa shape index (κ3) is 8.17. The highest BCUT2D eigenvalue weighted by Crippen LogP contribution is 2.55. The van der Waals surface area contributed by atoms with E-state index in [1.54, 1.807) is 14.2 Å². The number of rotatable bonds is 13. The molecule has 8 rings (SSSR count). The molecular weight excluding hydrogens is 676 g/mol. The summed E-state index contributed by atoms with van der Waals surface area (Å²) in [7, 11) is 3.32. The fraction of sp³-hybridized carbons (Fsp3) is 0.721. The molecule has 4 saturated heterocycles. The van der Waals surface area contributed by atoms with Crippen molar-refractivity contribution in [2.75, 3.05) is 80.2 Å². The molecule has 0 aliphatic carbocycles. The van der Waals surface area contributed by atoms with E-state index in [0.717, 1.165) is 76.6 Å². The number of alkyl halides is 2. The summed E-state index contributed by atoms with van der Waals surface area (Å²) >= 11 is 0. The number of fused-ring (bicyclic) bond motifs is 6. The van der Waals surface area contributed by atoms with Gasteiger partial charge in [-0.25, -0.2) is 4.39 Å². The summed E-state index contributed by atoms with van der Waals surface area (Å²) in [5.41, 5.74) is 5.50. The number of methoxy groups -OCH3 is 2. The molecule has 6 aliphatic rings. The minimum absolute atomic E-state index is 0.0680. The van der Waals surface area contributed by atoms with Crippen LogP contribution in [0.25, 0.3) is 0 Å². The molecule has 0 aromatic heterocycles. The number of piperidine rings is 2. The Bertz CT molecular complexity index is 1560. The van der Waals surface area contributed by atoms with Crippen LogP contribution in [-0.4, -0.2) is 101 Å². The summed E-state index contributed by atoms with van der Waals surface area (Å²) in [6, 6.07) is 9.21. The van der Waals surface area contributed by atoms with E-state index in [0.29, 0.717) is 60.3 Å². The molecule has 6 unspecified atom stereocenters. The van der Waals surface area contributed by atoms with Crippen molar-refractivity contribution in [3.05, 3.63) is 46.5 Å². The molecule has 294 valence electrons. The maximum absolute atomic E-state index is 12.5. The fourth-order valence-electron chi connectivity index (χ4n) is 9.86. The topological polar surface area (TPSA) is 68.5 Å². The normalized spacial score (nSPS) is 29.8. The monoisotopic (exact) mass is 738 g/mol. The lowest BCUT2D eigenvalue weighted by Crippen LogP contribution is -2.50. The number of benzene rings is 2. The Balaban J connectivity index is 0.000000164. The van der Waals surface area contributed by atoms with Gasteiger partial charge in [-0.3, -0.25) is 14.2 Å². The first-order valence-electron chi connectivity index (χ1n) is 20.2. The van der Waals surface area contributed by atoms with Crippen molar-refractivity contribution < 1.29 is 37.2 Å². The van der Waals surface area contributed by atoms with E-state index in [9.17, 15) is 8.78 Å². The van der Waals surface area contributed by atoms with Crippen LogP contribution in [0.1, 0.15) is 94.1 Å². The molecule has 0 amide bonds. The van der Waals surface area contributed by atoms with Crippen LogP contribution >= 0.6 is 0 Å². The molecule has 2 aromatic carbocycles. The summed E-state index contributed by atoms with van der Waals surface area (Å²) in [5, 5.41) is 0. The molecule has 10 heteroatoms. The first-order valence-corrected chi connectivity index (χ1v) is 20.2. The van der Waals surface area contributed by atoms with Gasteiger partial charge in [-0.2, -0.15) is 0 Å². The Morgan fingerprint density at radius 1 is 0.679 bits per heavy atom. The summed E-state index contributed by atoms with van der Waals surface area (Å²) in [4.78, 5) is 5.27. The number of hydrogen-bond donors (Lipinski definition) is 0. The van der Waals surface area contributed by atoms with Gasteiger partial charge in [0.2, 0.25) is 0 Å². The number of nitrogens with zero attached hydrogens (tertiary/aromatic N) is 2. The van der Waals surface area contributed by atoms with Crippen LogP contribution in [0.4, 0.5) is 8.78 Å². The molecule has 0 saturated carbocycles. The molecule has 8 nitrogen and oxygen atoms in total. The van der Waals surface area contributed by atoms with Crippen molar-refractivity contribution >= 4 is 0 Å². The first kappa shape index (κ1) is 38.6. The molecule has 0 radical (unpaired) electrons. The zero-order valence-electron chi connectivity index (χ0n) is 32.9. The highest BCUT2D eigenvalue weighted by Gasteiger charge is 2.58. The zero-order chi connectivity index (χ0) is 37.3. The average Bonchev–Trinajstić information content (AvgIpc) is 4.09. The molecule has 4 fully saturated rings. The van der Waals surface area contributed by atoms with Gasteiger partial charge in [0.1, 0.15) is 13.3 Å². The molecule has 53 heavy (non-hydrogen) atoms. The number of epoxide rings is 2. The van der Waals surface area contributed by atoms with E-state index < -0.39 is 6.67 Å². The van der Waals surface area contributed by atoms with E-state index in [1.165, 1.54) is 35.1 Å². The Labute approximate surface area is 315 Å². The highest BCUT2D eigenvalue weighted by molar-refractivity contribution is 5.51. The van der Waals surface area contributed by atoms with Gasteiger partial charge in [-0.1, -0.05) is 27.7 Å². The maximum atomic E-state index is 12.5. The molecule has 0 N–H and O–H groups in total. The molecule has 6 atom stereocenters. The lowest BCUT2D eigenvalue weighted by molar-refractivity contribution is 0.0223. The Morgan fingerprint density at radius 3 is 1.51 bits per heavy atom. The van der Waals surface area contributed by atoms with Gasteiger partial charge in [-0.05, 0) is 96.9 Å². The first-order chi connectivity index (χ1) is 25.6. The van der Waals surface area contributed by atoms with Crippen LogP contribution in [0.3, 0.4) is 0 Å². The van der Waals surface area contributed by atoms with Crippen molar-refractivity contribution in [1.29, 1.82) is 0 Å². The van der Waals surface area contributed by atoms with Crippen LogP contribution in [-0.2, 0) is 22.3 Å². The number of halogens is 2. The van der Waals surface area contributed by atoms with Crippen molar-refractivity contribution in [3.63, 3.8) is 0 Å². The van der Waals surface area contributed by atoms with Crippen LogP contribution < -0.4 is 18.9 Å². The summed E-state index contributed by atoms with van der Waals surface area (Å²) in [6.07, 6.45) is 7.04. The fourth-order valence-corrected chi connectivity index (χ4v) is 9.86. The molecule has 0 bridgehead atoms. The largest absolute Gasteiger partial charge is 0.493 e. The van der Waals surface area contributed by atoms with Gasteiger partial charge in [0.25, 0.3) is 0 Å². The van der Waals surface area contributed by atoms with E-state index in [4.69, 9.17) is 28.4 Å². The van der Waals surface area contributed by atoms with E-state index in [-0.39, 0.29) is 24.5 Å². The summed E-state index contributed by atoms with van der Waals surface area (Å²) in [5.74, 6) is 5.53. The predicted octanol–water partition coefficient (Wildman–Crippen LogP) is 7.95. The molecule has 2 aromatic rings. The van der Waals surface area contributed by atoms with Crippen LogP contribution in [0.5, 0.6) is 23.0 Å². The van der Waals surface area contributed by atoms with Crippen molar-refractivity contribution in [2.45, 2.75) is 95.9 Å². The zero-order valence-corrected chi connectivity index (χ0v) is 32.9. The predicted molar refractivity (Wildman–Crippen MR) is 202 cm³/mol. The van der Waals surface area contributed by atoms with Gasteiger partial charge in [0, 0.05) is 56.5 Å². The van der Waals surface area contributed by atoms with E-state index >= 15 is 0 Å². The van der Waals surface area contributed by atoms with Gasteiger partial charge in [-0.15, -0.1) is 0 Å². The molecule has 6 aliphatic heterocycles. The van der Waals surface area contributed by atoms with Gasteiger partial charge in [0.15, 0.2) is 23.0 Å². The average molecular weight is 739 g/mol. The molecular formula is C43H62F2N2O6. The highest BCUT2D eigenvalue weighted by atomic mass is 18.2. The van der Waals surface area contributed by atoms with Gasteiger partial charge < -0.3 is 28.4 Å². The minimum Gasteiger partial charge on any atom is -0.493 e. The Kier molecular flexibility index (Phi) is 11.8. The maximum Gasteiger partial charge on any atom is 0.161 e. The van der Waals surface area contributed by atoms with E-state index in [2.05, 4.69) is 61.8 Å².